The predicted octanol–water partition coefficient (Wildman–Crippen LogP) is 3.14. The number of carbonyl (C=O) groups is 1. The summed E-state index contributed by atoms with van der Waals surface area (Å²) in [7, 11) is 1.60. The summed E-state index contributed by atoms with van der Waals surface area (Å²) >= 11 is 0. The zero-order valence-electron chi connectivity index (χ0n) is 13.7. The van der Waals surface area contributed by atoms with E-state index in [0.29, 0.717) is 6.54 Å². The summed E-state index contributed by atoms with van der Waals surface area (Å²) < 4.78 is 5.08. The topological polar surface area (TPSA) is 74.1 Å². The fourth-order valence-electron chi connectivity index (χ4n) is 1.97. The highest BCUT2D eigenvalue weighted by Gasteiger charge is 2.08. The molecule has 1 amide bonds. The monoisotopic (exact) mass is 321 g/mol. The zero-order valence-corrected chi connectivity index (χ0v) is 13.7. The van der Waals surface area contributed by atoms with Gasteiger partial charge in [0.15, 0.2) is 0 Å². The van der Waals surface area contributed by atoms with Crippen molar-refractivity contribution in [3.8, 4) is 11.8 Å². The quantitative estimate of drug-likeness (QED) is 0.633. The van der Waals surface area contributed by atoms with E-state index in [1.54, 1.807) is 7.11 Å². The highest BCUT2D eigenvalue weighted by atomic mass is 16.5. The van der Waals surface area contributed by atoms with Crippen LogP contribution in [0.5, 0.6) is 5.75 Å². The lowest BCUT2D eigenvalue weighted by atomic mass is 10.2. The van der Waals surface area contributed by atoms with Crippen molar-refractivity contribution in [2.45, 2.75) is 13.5 Å². The number of benzene rings is 2. The molecule has 0 saturated heterocycles. The van der Waals surface area contributed by atoms with Crippen LogP contribution < -0.4 is 15.4 Å². The van der Waals surface area contributed by atoms with E-state index in [4.69, 9.17) is 10.00 Å². The second-order valence-electron chi connectivity index (χ2n) is 5.21. The van der Waals surface area contributed by atoms with E-state index in [0.717, 1.165) is 22.6 Å². The number of anilines is 1. The number of aryl methyl sites for hydroxylation is 1. The number of methoxy groups -OCH3 is 1. The molecule has 2 aromatic rings. The van der Waals surface area contributed by atoms with Crippen molar-refractivity contribution in [3.05, 3.63) is 71.4 Å². The van der Waals surface area contributed by atoms with Gasteiger partial charge in [-0.25, -0.2) is 0 Å². The fraction of sp³-hybridized carbons (Fsp3) is 0.158. The summed E-state index contributed by atoms with van der Waals surface area (Å²) in [6.45, 7) is 2.33. The van der Waals surface area contributed by atoms with Gasteiger partial charge in [-0.1, -0.05) is 29.8 Å². The van der Waals surface area contributed by atoms with Crippen LogP contribution >= 0.6 is 0 Å². The molecule has 0 spiro atoms. The lowest BCUT2D eigenvalue weighted by Crippen LogP contribution is -2.24. The molecule has 0 fully saturated rings. The summed E-state index contributed by atoms with van der Waals surface area (Å²) in [5.74, 6) is 0.331. The number of amides is 1. The van der Waals surface area contributed by atoms with Crippen molar-refractivity contribution in [2.75, 3.05) is 12.4 Å². The third-order valence-electron chi connectivity index (χ3n) is 3.41. The van der Waals surface area contributed by atoms with Crippen LogP contribution in [0.2, 0.25) is 0 Å². The average Bonchev–Trinajstić information content (AvgIpc) is 2.62. The van der Waals surface area contributed by atoms with E-state index < -0.39 is 5.91 Å². The lowest BCUT2D eigenvalue weighted by molar-refractivity contribution is -0.117. The Morgan fingerprint density at radius 1 is 1.17 bits per heavy atom. The third-order valence-corrected chi connectivity index (χ3v) is 3.41. The molecule has 0 saturated carbocycles. The Balaban J connectivity index is 1.93. The Labute approximate surface area is 141 Å². The summed E-state index contributed by atoms with van der Waals surface area (Å²) in [6.07, 6.45) is 1.41. The molecular weight excluding hydrogens is 302 g/mol. The molecule has 0 aliphatic heterocycles. The summed E-state index contributed by atoms with van der Waals surface area (Å²) in [4.78, 5) is 12.1. The van der Waals surface area contributed by atoms with Gasteiger partial charge in [0.25, 0.3) is 5.91 Å². The molecule has 0 radical (unpaired) electrons. The van der Waals surface area contributed by atoms with Gasteiger partial charge in [-0.3, -0.25) is 4.79 Å². The molecule has 0 aromatic heterocycles. The van der Waals surface area contributed by atoms with Crippen molar-refractivity contribution in [3.63, 3.8) is 0 Å². The van der Waals surface area contributed by atoms with E-state index in [2.05, 4.69) is 10.6 Å². The van der Waals surface area contributed by atoms with Crippen LogP contribution in [0.15, 0.2) is 60.3 Å². The summed E-state index contributed by atoms with van der Waals surface area (Å²) in [5.41, 5.74) is 2.90. The maximum absolute atomic E-state index is 12.1. The van der Waals surface area contributed by atoms with Gasteiger partial charge in [0, 0.05) is 18.4 Å². The standard InChI is InChI=1S/C19H19N3O2/c1-14-3-7-17(8-4-14)21-13-16(11-20)19(23)22-12-15-5-9-18(24-2)10-6-15/h3-10,13,21H,12H2,1-2H3,(H,22,23)/b16-13-. The molecule has 0 aliphatic carbocycles. The molecular formula is C19H19N3O2. The maximum Gasteiger partial charge on any atom is 0.263 e. The number of hydrogen-bond acceptors (Lipinski definition) is 4. The molecule has 0 bridgehead atoms. The second kappa shape index (κ2) is 8.39. The second-order valence-corrected chi connectivity index (χ2v) is 5.21. The number of nitrogens with one attached hydrogen (secondary N) is 2. The smallest absolute Gasteiger partial charge is 0.263 e. The van der Waals surface area contributed by atoms with Gasteiger partial charge in [0.1, 0.15) is 17.4 Å². The minimum Gasteiger partial charge on any atom is -0.497 e. The highest BCUT2D eigenvalue weighted by Crippen LogP contribution is 2.11. The van der Waals surface area contributed by atoms with E-state index in [1.165, 1.54) is 6.20 Å². The van der Waals surface area contributed by atoms with Gasteiger partial charge < -0.3 is 15.4 Å². The van der Waals surface area contributed by atoms with E-state index >= 15 is 0 Å². The normalized spacial score (nSPS) is 10.6. The van der Waals surface area contributed by atoms with Crippen LogP contribution in [-0.2, 0) is 11.3 Å². The molecule has 0 heterocycles. The van der Waals surface area contributed by atoms with Crippen molar-refractivity contribution in [1.29, 1.82) is 5.26 Å². The van der Waals surface area contributed by atoms with Crippen molar-refractivity contribution < 1.29 is 9.53 Å². The predicted molar refractivity (Wildman–Crippen MR) is 93.3 cm³/mol. The average molecular weight is 321 g/mol. The van der Waals surface area contributed by atoms with Crippen LogP contribution in [0.25, 0.3) is 0 Å². The molecule has 0 atom stereocenters. The van der Waals surface area contributed by atoms with Crippen molar-refractivity contribution >= 4 is 11.6 Å². The first kappa shape index (κ1) is 17.1. The first-order chi connectivity index (χ1) is 11.6. The van der Waals surface area contributed by atoms with Gasteiger partial charge in [-0.2, -0.15) is 5.26 Å². The van der Waals surface area contributed by atoms with Gasteiger partial charge in [-0.15, -0.1) is 0 Å². The Hall–Kier alpha value is -3.26. The SMILES string of the molecule is COc1ccc(CNC(=O)/C(C#N)=C\Nc2ccc(C)cc2)cc1. The number of nitriles is 1. The molecule has 0 aliphatic rings. The Bertz CT molecular complexity index is 757. The first-order valence-electron chi connectivity index (χ1n) is 7.47. The summed E-state index contributed by atoms with van der Waals surface area (Å²) in [5, 5.41) is 14.8. The molecule has 2 aromatic carbocycles. The molecule has 5 nitrogen and oxygen atoms in total. The summed E-state index contributed by atoms with van der Waals surface area (Å²) in [6, 6.07) is 16.9. The maximum atomic E-state index is 12.1. The van der Waals surface area contributed by atoms with E-state index in [-0.39, 0.29) is 5.57 Å². The van der Waals surface area contributed by atoms with Crippen LogP contribution in [0.3, 0.4) is 0 Å². The first-order valence-corrected chi connectivity index (χ1v) is 7.47. The van der Waals surface area contributed by atoms with Crippen molar-refractivity contribution in [1.82, 2.24) is 5.32 Å². The van der Waals surface area contributed by atoms with Gasteiger partial charge in [0.2, 0.25) is 0 Å². The van der Waals surface area contributed by atoms with Crippen LogP contribution in [0, 0.1) is 18.3 Å². The molecule has 24 heavy (non-hydrogen) atoms. The van der Waals surface area contributed by atoms with Crippen molar-refractivity contribution in [2.24, 2.45) is 0 Å². The van der Waals surface area contributed by atoms with E-state index in [1.807, 2.05) is 61.5 Å². The van der Waals surface area contributed by atoms with Crippen LogP contribution in [0.1, 0.15) is 11.1 Å². The number of rotatable bonds is 6. The Kier molecular flexibility index (Phi) is 5.98. The third kappa shape index (κ3) is 4.89. The minimum absolute atomic E-state index is 0.0177. The minimum atomic E-state index is -0.423. The number of carbonyl (C=O) groups excluding carboxylic acids is 1. The van der Waals surface area contributed by atoms with Crippen LogP contribution in [0.4, 0.5) is 5.69 Å². The van der Waals surface area contributed by atoms with Gasteiger partial charge in [0.05, 0.1) is 7.11 Å². The number of hydrogen-bond donors (Lipinski definition) is 2. The van der Waals surface area contributed by atoms with Gasteiger partial charge >= 0.3 is 0 Å². The Morgan fingerprint density at radius 3 is 2.42 bits per heavy atom. The number of nitrogens with zero attached hydrogens (tertiary/aromatic N) is 1. The molecule has 5 heteroatoms. The van der Waals surface area contributed by atoms with Crippen LogP contribution in [-0.4, -0.2) is 13.0 Å². The highest BCUT2D eigenvalue weighted by molar-refractivity contribution is 5.97. The molecule has 2 N–H and O–H groups in total. The zero-order chi connectivity index (χ0) is 17.4. The Morgan fingerprint density at radius 2 is 1.83 bits per heavy atom. The molecule has 2 rings (SSSR count). The number of ether oxygens (including phenoxy) is 1. The largest absolute Gasteiger partial charge is 0.497 e. The molecule has 122 valence electrons. The van der Waals surface area contributed by atoms with Gasteiger partial charge in [-0.05, 0) is 36.8 Å². The lowest BCUT2D eigenvalue weighted by Gasteiger charge is -2.06. The molecule has 0 unspecified atom stereocenters. The van der Waals surface area contributed by atoms with E-state index in [9.17, 15) is 4.79 Å². The fourth-order valence-corrected chi connectivity index (χ4v) is 1.97.